The van der Waals surface area contributed by atoms with Gasteiger partial charge in [-0.3, -0.25) is 9.59 Å². The van der Waals surface area contributed by atoms with E-state index in [-0.39, 0.29) is 29.6 Å². The van der Waals surface area contributed by atoms with E-state index in [1.807, 2.05) is 19.1 Å². The first-order valence-corrected chi connectivity index (χ1v) is 8.47. The van der Waals surface area contributed by atoms with Gasteiger partial charge in [0.15, 0.2) is 0 Å². The maximum atomic E-state index is 12.8. The van der Waals surface area contributed by atoms with Crippen LogP contribution in [0, 0.1) is 6.92 Å². The van der Waals surface area contributed by atoms with E-state index in [9.17, 15) is 22.8 Å². The Bertz CT molecular complexity index is 836. The molecule has 0 atom stereocenters. The summed E-state index contributed by atoms with van der Waals surface area (Å²) in [4.78, 5) is 25.4. The Balaban J connectivity index is 2.06. The zero-order chi connectivity index (χ0) is 20.2. The molecule has 8 heteroatoms. The molecule has 0 unspecified atom stereocenters. The molecule has 0 aliphatic rings. The minimum atomic E-state index is -4.54. The van der Waals surface area contributed by atoms with Crippen molar-refractivity contribution in [1.82, 2.24) is 0 Å². The number of carbonyl (C=O) groups excluding carboxylic acids is 2. The lowest BCUT2D eigenvalue weighted by Gasteiger charge is -2.21. The van der Waals surface area contributed by atoms with Crippen molar-refractivity contribution < 1.29 is 22.8 Å². The predicted molar refractivity (Wildman–Crippen MR) is 98.9 cm³/mol. The van der Waals surface area contributed by atoms with Crippen molar-refractivity contribution >= 4 is 34.8 Å². The third kappa shape index (κ3) is 5.72. The molecule has 1 N–H and O–H groups in total. The fraction of sp³-hybridized carbons (Fsp3) is 0.263. The first-order valence-electron chi connectivity index (χ1n) is 8.09. The molecule has 0 aliphatic carbocycles. The lowest BCUT2D eigenvalue weighted by molar-refractivity contribution is -0.137. The minimum absolute atomic E-state index is 0.00157. The number of amides is 2. The van der Waals surface area contributed by atoms with Gasteiger partial charge in [-0.05, 0) is 37.3 Å². The number of nitrogens with zero attached hydrogens (tertiary/aromatic N) is 1. The minimum Gasteiger partial charge on any atom is -0.325 e. The van der Waals surface area contributed by atoms with Gasteiger partial charge in [-0.1, -0.05) is 29.3 Å². The molecule has 0 saturated heterocycles. The van der Waals surface area contributed by atoms with Crippen LogP contribution in [0.2, 0.25) is 5.02 Å². The monoisotopic (exact) mass is 398 g/mol. The second kappa shape index (κ2) is 8.43. The molecule has 0 fully saturated rings. The van der Waals surface area contributed by atoms with Crippen LogP contribution in [-0.2, 0) is 15.8 Å². The van der Waals surface area contributed by atoms with Crippen LogP contribution in [0.15, 0.2) is 42.5 Å². The number of hydrogen-bond donors (Lipinski definition) is 1. The summed E-state index contributed by atoms with van der Waals surface area (Å²) in [5.41, 5.74) is 0.630. The van der Waals surface area contributed by atoms with Gasteiger partial charge in [-0.25, -0.2) is 0 Å². The first kappa shape index (κ1) is 20.8. The molecule has 2 amide bonds. The number of hydrogen-bond acceptors (Lipinski definition) is 2. The lowest BCUT2D eigenvalue weighted by Crippen LogP contribution is -2.32. The lowest BCUT2D eigenvalue weighted by atomic mass is 10.2. The summed E-state index contributed by atoms with van der Waals surface area (Å²) in [5, 5.41) is 2.37. The molecule has 0 radical (unpaired) electrons. The van der Waals surface area contributed by atoms with Crippen molar-refractivity contribution in [3.05, 3.63) is 58.6 Å². The molecule has 0 aliphatic heterocycles. The van der Waals surface area contributed by atoms with Crippen LogP contribution in [0.25, 0.3) is 0 Å². The van der Waals surface area contributed by atoms with Crippen molar-refractivity contribution in [3.8, 4) is 0 Å². The Hall–Kier alpha value is -2.54. The normalized spacial score (nSPS) is 11.2. The van der Waals surface area contributed by atoms with Gasteiger partial charge in [0.2, 0.25) is 11.8 Å². The first-order chi connectivity index (χ1) is 12.6. The molecule has 0 heterocycles. The molecule has 0 spiro atoms. The predicted octanol–water partition coefficient (Wildman–Crippen LogP) is 5.05. The van der Waals surface area contributed by atoms with Crippen molar-refractivity contribution in [2.24, 2.45) is 0 Å². The highest BCUT2D eigenvalue weighted by molar-refractivity contribution is 6.33. The quantitative estimate of drug-likeness (QED) is 0.766. The highest BCUT2D eigenvalue weighted by Crippen LogP contribution is 2.33. The van der Waals surface area contributed by atoms with Crippen LogP contribution in [0.4, 0.5) is 24.5 Å². The number of benzene rings is 2. The number of halogens is 4. The Morgan fingerprint density at radius 1 is 1.11 bits per heavy atom. The van der Waals surface area contributed by atoms with Gasteiger partial charge in [0.1, 0.15) is 0 Å². The standard InChI is InChI=1S/C19H18ClF3N2O2/c1-12-3-6-15(7-4-12)25(13(2)26)10-9-18(27)24-17-11-14(19(21,22)23)5-8-16(17)20/h3-8,11H,9-10H2,1-2H3,(H,24,27). The van der Waals surface area contributed by atoms with E-state index < -0.39 is 17.6 Å². The number of anilines is 2. The van der Waals surface area contributed by atoms with Gasteiger partial charge < -0.3 is 10.2 Å². The zero-order valence-corrected chi connectivity index (χ0v) is 15.5. The van der Waals surface area contributed by atoms with E-state index in [4.69, 9.17) is 11.6 Å². The summed E-state index contributed by atoms with van der Waals surface area (Å²) < 4.78 is 38.4. The summed E-state index contributed by atoms with van der Waals surface area (Å²) in [6.45, 7) is 3.37. The fourth-order valence-electron chi connectivity index (χ4n) is 2.42. The van der Waals surface area contributed by atoms with Crippen LogP contribution in [0.3, 0.4) is 0 Å². The Labute approximate surface area is 159 Å². The van der Waals surface area contributed by atoms with Crippen molar-refractivity contribution in [2.45, 2.75) is 26.4 Å². The molecule has 2 aromatic rings. The zero-order valence-electron chi connectivity index (χ0n) is 14.7. The second-order valence-electron chi connectivity index (χ2n) is 6.00. The average Bonchev–Trinajstić information content (AvgIpc) is 2.57. The van der Waals surface area contributed by atoms with Crippen molar-refractivity contribution in [3.63, 3.8) is 0 Å². The van der Waals surface area contributed by atoms with Gasteiger partial charge in [0, 0.05) is 25.6 Å². The average molecular weight is 399 g/mol. The molecule has 2 aromatic carbocycles. The number of nitrogens with one attached hydrogen (secondary N) is 1. The summed E-state index contributed by atoms with van der Waals surface area (Å²) in [7, 11) is 0. The van der Waals surface area contributed by atoms with E-state index >= 15 is 0 Å². The van der Waals surface area contributed by atoms with Crippen LogP contribution in [0.5, 0.6) is 0 Å². The largest absolute Gasteiger partial charge is 0.416 e. The Kier molecular flexibility index (Phi) is 6.49. The third-order valence-corrected chi connectivity index (χ3v) is 4.19. The number of aryl methyl sites for hydroxylation is 1. The molecule has 0 saturated carbocycles. The van der Waals surface area contributed by atoms with Crippen LogP contribution in [0.1, 0.15) is 24.5 Å². The van der Waals surface area contributed by atoms with Crippen LogP contribution in [-0.4, -0.2) is 18.4 Å². The summed E-state index contributed by atoms with van der Waals surface area (Å²) in [6.07, 6.45) is -4.64. The number of rotatable bonds is 5. The number of alkyl halides is 3. The fourth-order valence-corrected chi connectivity index (χ4v) is 2.58. The molecule has 2 rings (SSSR count). The van der Waals surface area contributed by atoms with Gasteiger partial charge in [-0.15, -0.1) is 0 Å². The Morgan fingerprint density at radius 2 is 1.74 bits per heavy atom. The molecule has 144 valence electrons. The Morgan fingerprint density at radius 3 is 2.30 bits per heavy atom. The van der Waals surface area contributed by atoms with Gasteiger partial charge in [-0.2, -0.15) is 13.2 Å². The van der Waals surface area contributed by atoms with E-state index in [0.717, 1.165) is 23.8 Å². The number of carbonyl (C=O) groups is 2. The van der Waals surface area contributed by atoms with Gasteiger partial charge >= 0.3 is 6.18 Å². The van der Waals surface area contributed by atoms with Gasteiger partial charge in [0.05, 0.1) is 16.3 Å². The molecule has 27 heavy (non-hydrogen) atoms. The van der Waals surface area contributed by atoms with Crippen LogP contribution < -0.4 is 10.2 Å². The highest BCUT2D eigenvalue weighted by atomic mass is 35.5. The summed E-state index contributed by atoms with van der Waals surface area (Å²) in [5.74, 6) is -0.793. The topological polar surface area (TPSA) is 49.4 Å². The maximum absolute atomic E-state index is 12.8. The molecule has 0 aromatic heterocycles. The smallest absolute Gasteiger partial charge is 0.325 e. The van der Waals surface area contributed by atoms with Crippen LogP contribution >= 0.6 is 11.6 Å². The third-order valence-electron chi connectivity index (χ3n) is 3.86. The second-order valence-corrected chi connectivity index (χ2v) is 6.40. The molecule has 4 nitrogen and oxygen atoms in total. The molecule has 0 bridgehead atoms. The van der Waals surface area contributed by atoms with Crippen molar-refractivity contribution in [1.29, 1.82) is 0 Å². The summed E-state index contributed by atoms with van der Waals surface area (Å²) in [6, 6.07) is 9.90. The van der Waals surface area contributed by atoms with E-state index in [1.165, 1.54) is 11.8 Å². The maximum Gasteiger partial charge on any atom is 0.416 e. The van der Waals surface area contributed by atoms with Gasteiger partial charge in [0.25, 0.3) is 0 Å². The summed E-state index contributed by atoms with van der Waals surface area (Å²) >= 11 is 5.87. The molecular weight excluding hydrogens is 381 g/mol. The van der Waals surface area contributed by atoms with E-state index in [1.54, 1.807) is 12.1 Å². The van der Waals surface area contributed by atoms with Crippen molar-refractivity contribution in [2.75, 3.05) is 16.8 Å². The van der Waals surface area contributed by atoms with E-state index in [0.29, 0.717) is 5.69 Å². The highest BCUT2D eigenvalue weighted by Gasteiger charge is 2.31. The molecular formula is C19H18ClF3N2O2. The SMILES string of the molecule is CC(=O)N(CCC(=O)Nc1cc(C(F)(F)F)ccc1Cl)c1ccc(C)cc1. The van der Waals surface area contributed by atoms with E-state index in [2.05, 4.69) is 5.32 Å².